The summed E-state index contributed by atoms with van der Waals surface area (Å²) in [5.74, 6) is -0.792. The lowest BCUT2D eigenvalue weighted by atomic mass is 9.89. The van der Waals surface area contributed by atoms with Crippen LogP contribution in [-0.2, 0) is 20.8 Å². The number of para-hydroxylation sites is 1. The van der Waals surface area contributed by atoms with Gasteiger partial charge in [-0.05, 0) is 30.7 Å². The van der Waals surface area contributed by atoms with Crippen molar-refractivity contribution in [3.63, 3.8) is 0 Å². The highest BCUT2D eigenvalue weighted by atomic mass is 16.7. The number of methoxy groups -OCH3 is 1. The second kappa shape index (κ2) is 9.05. The lowest BCUT2D eigenvalue weighted by Gasteiger charge is -2.23. The predicted molar refractivity (Wildman–Crippen MR) is 119 cm³/mol. The number of nitrogens with zero attached hydrogens (tertiary/aromatic N) is 3. The molecule has 2 heterocycles. The van der Waals surface area contributed by atoms with E-state index in [0.717, 1.165) is 16.9 Å². The van der Waals surface area contributed by atoms with Crippen molar-refractivity contribution in [3.8, 4) is 5.69 Å². The molecule has 1 aromatic heterocycles. The van der Waals surface area contributed by atoms with Crippen LogP contribution in [0.5, 0.6) is 0 Å². The molecule has 1 atom stereocenters. The summed E-state index contributed by atoms with van der Waals surface area (Å²) in [6.45, 7) is 1.98. The van der Waals surface area contributed by atoms with Gasteiger partial charge in [0.2, 0.25) is 5.60 Å². The van der Waals surface area contributed by atoms with E-state index in [4.69, 9.17) is 9.57 Å². The van der Waals surface area contributed by atoms with Gasteiger partial charge >= 0.3 is 5.97 Å². The topological polar surface area (TPSA) is 94.8 Å². The van der Waals surface area contributed by atoms with Gasteiger partial charge in [-0.1, -0.05) is 53.7 Å². The van der Waals surface area contributed by atoms with Gasteiger partial charge < -0.3 is 14.9 Å². The van der Waals surface area contributed by atoms with Gasteiger partial charge in [0.05, 0.1) is 30.7 Å². The monoisotopic (exact) mass is 432 g/mol. The molecular formula is C24H24N4O4. The highest BCUT2D eigenvalue weighted by Gasteiger charge is 2.47. The van der Waals surface area contributed by atoms with Crippen molar-refractivity contribution in [1.29, 1.82) is 0 Å². The van der Waals surface area contributed by atoms with Gasteiger partial charge in [-0.2, -0.15) is 5.10 Å². The van der Waals surface area contributed by atoms with Gasteiger partial charge in [0, 0.05) is 12.8 Å². The van der Waals surface area contributed by atoms with E-state index < -0.39 is 11.6 Å². The molecule has 1 aliphatic rings. The van der Waals surface area contributed by atoms with Crippen LogP contribution in [0.2, 0.25) is 0 Å². The molecule has 0 saturated heterocycles. The molecule has 0 saturated carbocycles. The number of esters is 1. The van der Waals surface area contributed by atoms with E-state index >= 15 is 0 Å². The predicted octanol–water partition coefficient (Wildman–Crippen LogP) is 2.84. The number of aryl methyl sites for hydroxylation is 1. The first-order valence-corrected chi connectivity index (χ1v) is 10.3. The van der Waals surface area contributed by atoms with Crippen molar-refractivity contribution < 1.29 is 19.2 Å². The number of ether oxygens (including phenoxy) is 1. The summed E-state index contributed by atoms with van der Waals surface area (Å²) >= 11 is 0. The van der Waals surface area contributed by atoms with Crippen LogP contribution >= 0.6 is 0 Å². The fourth-order valence-electron chi connectivity index (χ4n) is 3.73. The molecule has 8 nitrogen and oxygen atoms in total. The van der Waals surface area contributed by atoms with Gasteiger partial charge in [0.1, 0.15) is 5.69 Å². The third-order valence-electron chi connectivity index (χ3n) is 5.25. The summed E-state index contributed by atoms with van der Waals surface area (Å²) in [5, 5.41) is 11.4. The Balaban J connectivity index is 1.45. The molecular weight excluding hydrogens is 408 g/mol. The molecule has 164 valence electrons. The molecule has 0 bridgehead atoms. The molecule has 0 fully saturated rings. The number of carbonyl (C=O) groups is 2. The fraction of sp³-hybridized carbons (Fsp3) is 0.250. The minimum absolute atomic E-state index is 0.144. The molecule has 2 aromatic carbocycles. The van der Waals surface area contributed by atoms with E-state index in [0.29, 0.717) is 17.8 Å². The number of oxime groups is 1. The first-order chi connectivity index (χ1) is 15.5. The molecule has 4 rings (SSSR count). The highest BCUT2D eigenvalue weighted by Crippen LogP contribution is 2.29. The molecule has 1 N–H and O–H groups in total. The largest absolute Gasteiger partial charge is 0.466 e. The smallest absolute Gasteiger partial charge is 0.353 e. The number of hydrogen-bond acceptors (Lipinski definition) is 6. The normalized spacial score (nSPS) is 17.4. The zero-order valence-electron chi connectivity index (χ0n) is 17.9. The van der Waals surface area contributed by atoms with Crippen LogP contribution in [-0.4, -0.2) is 46.6 Å². The Morgan fingerprint density at radius 3 is 2.50 bits per heavy atom. The molecule has 0 aliphatic carbocycles. The van der Waals surface area contributed by atoms with Gasteiger partial charge in [-0.25, -0.2) is 9.48 Å². The molecule has 8 heteroatoms. The second-order valence-electron chi connectivity index (χ2n) is 7.67. The number of hydrogen-bond donors (Lipinski definition) is 1. The third-order valence-corrected chi connectivity index (χ3v) is 5.25. The Hall–Kier alpha value is -3.94. The second-order valence-corrected chi connectivity index (χ2v) is 7.67. The zero-order valence-corrected chi connectivity index (χ0v) is 17.9. The van der Waals surface area contributed by atoms with Crippen LogP contribution in [0.3, 0.4) is 0 Å². The first kappa shape index (κ1) is 21.3. The van der Waals surface area contributed by atoms with Gasteiger partial charge in [-0.3, -0.25) is 4.79 Å². The van der Waals surface area contributed by atoms with E-state index in [2.05, 4.69) is 15.6 Å². The first-order valence-electron chi connectivity index (χ1n) is 10.3. The van der Waals surface area contributed by atoms with E-state index in [1.807, 2.05) is 67.6 Å². The minimum atomic E-state index is -1.24. The molecule has 1 unspecified atom stereocenters. The average Bonchev–Trinajstić information content (AvgIpc) is 3.42. The maximum Gasteiger partial charge on any atom is 0.353 e. The summed E-state index contributed by atoms with van der Waals surface area (Å²) < 4.78 is 6.59. The lowest BCUT2D eigenvalue weighted by molar-refractivity contribution is -0.166. The molecule has 32 heavy (non-hydrogen) atoms. The summed E-state index contributed by atoms with van der Waals surface area (Å²) in [7, 11) is 1.32. The molecule has 0 radical (unpaired) electrons. The minimum Gasteiger partial charge on any atom is -0.466 e. The number of amides is 1. The van der Waals surface area contributed by atoms with Crippen LogP contribution < -0.4 is 5.32 Å². The Bertz CT molecular complexity index is 1140. The maximum absolute atomic E-state index is 12.9. The number of aromatic nitrogens is 2. The summed E-state index contributed by atoms with van der Waals surface area (Å²) in [4.78, 5) is 31.0. The SMILES string of the molecule is COC(=O)C1(Cc2ccccc2)CC(CNC(=O)c2cc(C)nn2-c2ccccc2)=NO1. The molecule has 3 aromatic rings. The summed E-state index contributed by atoms with van der Waals surface area (Å²) in [6.07, 6.45) is 0.549. The van der Waals surface area contributed by atoms with Crippen molar-refractivity contribution in [3.05, 3.63) is 83.7 Å². The van der Waals surface area contributed by atoms with Crippen LogP contribution in [0.25, 0.3) is 5.69 Å². The van der Waals surface area contributed by atoms with E-state index in [9.17, 15) is 9.59 Å². The Labute approximate surface area is 185 Å². The van der Waals surface area contributed by atoms with Gasteiger partial charge in [0.25, 0.3) is 5.91 Å². The molecule has 0 spiro atoms. The quantitative estimate of drug-likeness (QED) is 0.580. The Morgan fingerprint density at radius 2 is 1.81 bits per heavy atom. The number of nitrogens with one attached hydrogen (secondary N) is 1. The van der Waals surface area contributed by atoms with Gasteiger partial charge in [0.15, 0.2) is 0 Å². The van der Waals surface area contributed by atoms with E-state index in [1.54, 1.807) is 10.7 Å². The average molecular weight is 432 g/mol. The Kier molecular flexibility index (Phi) is 6.02. The number of rotatable bonds is 7. The van der Waals surface area contributed by atoms with Crippen LogP contribution in [0.1, 0.15) is 28.2 Å². The maximum atomic E-state index is 12.9. The van der Waals surface area contributed by atoms with Crippen molar-refractivity contribution in [1.82, 2.24) is 15.1 Å². The van der Waals surface area contributed by atoms with E-state index in [-0.39, 0.29) is 18.9 Å². The van der Waals surface area contributed by atoms with Crippen molar-refractivity contribution in [2.45, 2.75) is 25.4 Å². The Morgan fingerprint density at radius 1 is 1.12 bits per heavy atom. The van der Waals surface area contributed by atoms with Crippen LogP contribution in [0.4, 0.5) is 0 Å². The summed E-state index contributed by atoms with van der Waals surface area (Å²) in [5.41, 5.74) is 2.19. The van der Waals surface area contributed by atoms with Crippen LogP contribution in [0, 0.1) is 6.92 Å². The molecule has 1 amide bonds. The van der Waals surface area contributed by atoms with Gasteiger partial charge in [-0.15, -0.1) is 0 Å². The highest BCUT2D eigenvalue weighted by molar-refractivity contribution is 5.99. The molecule has 1 aliphatic heterocycles. The number of carbonyl (C=O) groups excluding carboxylic acids is 2. The zero-order chi connectivity index (χ0) is 22.6. The standard InChI is InChI=1S/C24H24N4O4/c1-17-13-21(28(26-17)20-11-7-4-8-12-20)22(29)25-16-19-15-24(32-27-19,23(30)31-2)14-18-9-5-3-6-10-18/h3-13H,14-16H2,1-2H3,(H,25,29). The van der Waals surface area contributed by atoms with Crippen molar-refractivity contribution in [2.24, 2.45) is 5.16 Å². The van der Waals surface area contributed by atoms with Crippen molar-refractivity contribution >= 4 is 17.6 Å². The summed E-state index contributed by atoms with van der Waals surface area (Å²) in [6, 6.07) is 20.7. The fourth-order valence-corrected chi connectivity index (χ4v) is 3.73. The lowest BCUT2D eigenvalue weighted by Crippen LogP contribution is -2.43. The number of benzene rings is 2. The van der Waals surface area contributed by atoms with Crippen molar-refractivity contribution in [2.75, 3.05) is 13.7 Å². The van der Waals surface area contributed by atoms with Crippen LogP contribution in [0.15, 0.2) is 71.9 Å². The third kappa shape index (κ3) is 4.39. The van der Waals surface area contributed by atoms with E-state index in [1.165, 1.54) is 7.11 Å².